The third kappa shape index (κ3) is 16.1. The van der Waals surface area contributed by atoms with E-state index in [0.29, 0.717) is 0 Å². The van der Waals surface area contributed by atoms with Gasteiger partial charge in [0, 0.05) is 23.3 Å². The SMILES string of the molecule is CC(C)(C)OC(=O)C[C@@H](NC(=O)c1cc(O)cc(OCCOCCOc2cc(O)cc(C(=O)N[C@H](CC(=O)O)C(=O)O)c2)c1)C(=O)OC(C)(C)C. The second kappa shape index (κ2) is 18.4. The van der Waals surface area contributed by atoms with E-state index < -0.39 is 71.8 Å². The number of benzene rings is 2. The summed E-state index contributed by atoms with van der Waals surface area (Å²) in [5.41, 5.74) is -1.97. The van der Waals surface area contributed by atoms with Gasteiger partial charge < -0.3 is 54.7 Å². The highest BCUT2D eigenvalue weighted by atomic mass is 16.6. The first-order valence-corrected chi connectivity index (χ1v) is 15.6. The van der Waals surface area contributed by atoms with Gasteiger partial charge in [-0.25, -0.2) is 9.59 Å². The summed E-state index contributed by atoms with van der Waals surface area (Å²) in [6, 6.07) is 4.12. The molecule has 17 nitrogen and oxygen atoms in total. The molecular formula is C34H44N2O15. The number of carboxylic acids is 2. The molecule has 0 unspecified atom stereocenters. The highest BCUT2D eigenvalue weighted by molar-refractivity contribution is 5.99. The van der Waals surface area contributed by atoms with Crippen molar-refractivity contribution in [2.45, 2.75) is 77.7 Å². The molecule has 0 aliphatic rings. The van der Waals surface area contributed by atoms with Crippen molar-refractivity contribution in [2.75, 3.05) is 26.4 Å². The second-order valence-electron chi connectivity index (χ2n) is 13.1. The molecule has 2 amide bonds. The molecule has 2 aromatic rings. The van der Waals surface area contributed by atoms with E-state index in [-0.39, 0.29) is 60.6 Å². The van der Waals surface area contributed by atoms with Gasteiger partial charge in [0.05, 0.1) is 26.1 Å². The molecule has 0 aliphatic carbocycles. The molecule has 2 rings (SSSR count). The van der Waals surface area contributed by atoms with E-state index in [0.717, 1.165) is 12.1 Å². The van der Waals surface area contributed by atoms with Crippen molar-refractivity contribution >= 4 is 35.7 Å². The van der Waals surface area contributed by atoms with Crippen LogP contribution in [0.5, 0.6) is 23.0 Å². The van der Waals surface area contributed by atoms with Crippen molar-refractivity contribution in [1.29, 1.82) is 0 Å². The number of carbonyl (C=O) groups excluding carboxylic acids is 4. The molecule has 0 saturated carbocycles. The minimum absolute atomic E-state index is 0.0254. The largest absolute Gasteiger partial charge is 0.508 e. The van der Waals surface area contributed by atoms with Crippen LogP contribution in [0.3, 0.4) is 0 Å². The fourth-order valence-corrected chi connectivity index (χ4v) is 4.11. The molecule has 0 bridgehead atoms. The van der Waals surface area contributed by atoms with E-state index in [9.17, 15) is 39.0 Å². The lowest BCUT2D eigenvalue weighted by Crippen LogP contribution is -2.46. The molecule has 0 aromatic heterocycles. The quantitative estimate of drug-likeness (QED) is 0.0955. The van der Waals surface area contributed by atoms with Gasteiger partial charge >= 0.3 is 23.9 Å². The van der Waals surface area contributed by atoms with E-state index in [1.807, 2.05) is 0 Å². The van der Waals surface area contributed by atoms with Crippen LogP contribution in [0.1, 0.15) is 75.1 Å². The van der Waals surface area contributed by atoms with Crippen LogP contribution in [-0.4, -0.2) is 106 Å². The summed E-state index contributed by atoms with van der Waals surface area (Å²) in [4.78, 5) is 72.9. The number of aromatic hydroxyl groups is 2. The van der Waals surface area contributed by atoms with Crippen molar-refractivity contribution in [3.8, 4) is 23.0 Å². The number of amides is 2. The lowest BCUT2D eigenvalue weighted by Gasteiger charge is -2.25. The minimum Gasteiger partial charge on any atom is -0.508 e. The topological polar surface area (TPSA) is 254 Å². The molecule has 280 valence electrons. The summed E-state index contributed by atoms with van der Waals surface area (Å²) in [6.07, 6.45) is -1.34. The third-order valence-electron chi connectivity index (χ3n) is 6.07. The van der Waals surface area contributed by atoms with E-state index in [1.165, 1.54) is 24.3 Å². The van der Waals surface area contributed by atoms with Crippen LogP contribution >= 0.6 is 0 Å². The summed E-state index contributed by atoms with van der Waals surface area (Å²) in [6.45, 7) is 9.87. The highest BCUT2D eigenvalue weighted by Gasteiger charge is 2.31. The number of hydrogen-bond acceptors (Lipinski definition) is 13. The van der Waals surface area contributed by atoms with Gasteiger partial charge in [-0.15, -0.1) is 0 Å². The molecule has 0 spiro atoms. The fourth-order valence-electron chi connectivity index (χ4n) is 4.11. The summed E-state index contributed by atoms with van der Waals surface area (Å²) < 4.78 is 27.2. The first-order chi connectivity index (χ1) is 23.6. The van der Waals surface area contributed by atoms with Crippen LogP contribution in [0.25, 0.3) is 0 Å². The van der Waals surface area contributed by atoms with Crippen molar-refractivity contribution in [2.24, 2.45) is 0 Å². The number of phenolic OH excluding ortho intramolecular Hbond substituents is 2. The summed E-state index contributed by atoms with van der Waals surface area (Å²) >= 11 is 0. The Bertz CT molecular complexity index is 1580. The number of phenols is 2. The molecule has 51 heavy (non-hydrogen) atoms. The van der Waals surface area contributed by atoms with Crippen LogP contribution in [0.4, 0.5) is 0 Å². The van der Waals surface area contributed by atoms with Crippen LogP contribution in [0.2, 0.25) is 0 Å². The standard InChI is InChI=1S/C34H44N2O15/c1-33(2,3)50-28(41)18-26(32(46)51-34(4,5)6)36-30(43)20-12-22(38)16-24(14-20)49-10-8-47-7-9-48-23-13-19(11-21(37)15-23)29(42)35-25(31(44)45)17-27(39)40/h11-16,25-26,37-38H,7-10,17-18H2,1-6H3,(H,35,42)(H,36,43)(H,39,40)(H,44,45)/t25-,26-/m1/s1. The Labute approximate surface area is 293 Å². The number of nitrogens with one attached hydrogen (secondary N) is 2. The van der Waals surface area contributed by atoms with Gasteiger partial charge in [-0.1, -0.05) is 0 Å². The maximum absolute atomic E-state index is 13.1. The average Bonchev–Trinajstić information content (AvgIpc) is 2.97. The molecular weight excluding hydrogens is 676 g/mol. The summed E-state index contributed by atoms with van der Waals surface area (Å²) in [5, 5.41) is 42.7. The molecule has 2 atom stereocenters. The van der Waals surface area contributed by atoms with E-state index in [4.69, 9.17) is 33.9 Å². The fraction of sp³-hybridized carbons (Fsp3) is 0.471. The molecule has 0 aliphatic heterocycles. The Balaban J connectivity index is 1.92. The average molecular weight is 721 g/mol. The zero-order valence-corrected chi connectivity index (χ0v) is 29.1. The number of esters is 2. The highest BCUT2D eigenvalue weighted by Crippen LogP contribution is 2.24. The first-order valence-electron chi connectivity index (χ1n) is 15.6. The predicted octanol–water partition coefficient (Wildman–Crippen LogP) is 2.40. The van der Waals surface area contributed by atoms with Gasteiger partial charge in [0.25, 0.3) is 11.8 Å². The monoisotopic (exact) mass is 720 g/mol. The van der Waals surface area contributed by atoms with Gasteiger partial charge in [-0.2, -0.15) is 0 Å². The smallest absolute Gasteiger partial charge is 0.329 e. The van der Waals surface area contributed by atoms with Crippen LogP contribution in [-0.2, 0) is 33.4 Å². The maximum Gasteiger partial charge on any atom is 0.329 e. The van der Waals surface area contributed by atoms with E-state index in [1.54, 1.807) is 41.5 Å². The van der Waals surface area contributed by atoms with Crippen molar-refractivity contribution in [3.63, 3.8) is 0 Å². The van der Waals surface area contributed by atoms with E-state index >= 15 is 0 Å². The van der Waals surface area contributed by atoms with Gasteiger partial charge in [0.2, 0.25) is 0 Å². The molecule has 0 fully saturated rings. The first kappa shape index (κ1) is 41.6. The number of aliphatic carboxylic acids is 2. The summed E-state index contributed by atoms with van der Waals surface area (Å²) in [5.74, 6) is -6.81. The molecule has 6 N–H and O–H groups in total. The normalized spacial score (nSPS) is 12.5. The Hall–Kier alpha value is -5.58. The maximum atomic E-state index is 13.1. The number of rotatable bonds is 18. The molecule has 0 radical (unpaired) electrons. The molecule has 0 saturated heterocycles. The number of ether oxygens (including phenoxy) is 5. The van der Waals surface area contributed by atoms with Gasteiger partial charge in [0.1, 0.15) is 59.5 Å². The number of carbonyl (C=O) groups is 6. The third-order valence-corrected chi connectivity index (χ3v) is 6.07. The van der Waals surface area contributed by atoms with E-state index in [2.05, 4.69) is 10.6 Å². The Morgan fingerprint density at radius 2 is 1.08 bits per heavy atom. The van der Waals surface area contributed by atoms with Crippen LogP contribution in [0, 0.1) is 0 Å². The predicted molar refractivity (Wildman–Crippen MR) is 177 cm³/mol. The zero-order valence-electron chi connectivity index (χ0n) is 29.1. The minimum atomic E-state index is -1.69. The number of hydrogen-bond donors (Lipinski definition) is 6. The van der Waals surface area contributed by atoms with Crippen molar-refractivity contribution in [3.05, 3.63) is 47.5 Å². The molecule has 17 heteroatoms. The van der Waals surface area contributed by atoms with Crippen molar-refractivity contribution < 1.29 is 72.9 Å². The Morgan fingerprint density at radius 1 is 0.627 bits per heavy atom. The van der Waals surface area contributed by atoms with Crippen molar-refractivity contribution in [1.82, 2.24) is 10.6 Å². The van der Waals surface area contributed by atoms with Crippen LogP contribution < -0.4 is 20.1 Å². The number of carboxylic acid groups (broad SMARTS) is 2. The second-order valence-corrected chi connectivity index (χ2v) is 13.1. The van der Waals surface area contributed by atoms with Gasteiger partial charge in [0.15, 0.2) is 0 Å². The Morgan fingerprint density at radius 3 is 1.49 bits per heavy atom. The Kier molecular flexibility index (Phi) is 15.0. The lowest BCUT2D eigenvalue weighted by molar-refractivity contribution is -0.164. The molecule has 0 heterocycles. The molecule has 2 aromatic carbocycles. The van der Waals surface area contributed by atoms with Crippen LogP contribution in [0.15, 0.2) is 36.4 Å². The van der Waals surface area contributed by atoms with Gasteiger partial charge in [-0.05, 0) is 65.8 Å². The lowest BCUT2D eigenvalue weighted by atomic mass is 10.1. The van der Waals surface area contributed by atoms with Gasteiger partial charge in [-0.3, -0.25) is 19.2 Å². The zero-order chi connectivity index (χ0) is 38.5. The summed E-state index contributed by atoms with van der Waals surface area (Å²) in [7, 11) is 0.